The molecule has 0 saturated heterocycles. The highest BCUT2D eigenvalue weighted by Crippen LogP contribution is 2.25. The Morgan fingerprint density at radius 1 is 1.04 bits per heavy atom. The van der Waals surface area contributed by atoms with E-state index in [0.29, 0.717) is 11.3 Å². The number of carbonyl (C=O) groups is 1. The molecule has 0 unspecified atom stereocenters. The third-order valence-corrected chi connectivity index (χ3v) is 3.34. The molecule has 144 valence electrons. The van der Waals surface area contributed by atoms with Gasteiger partial charge in [-0.1, -0.05) is 36.4 Å². The van der Waals surface area contributed by atoms with Crippen molar-refractivity contribution in [3.8, 4) is 5.75 Å². The first-order valence-electron chi connectivity index (χ1n) is 8.00. The lowest BCUT2D eigenvalue weighted by molar-refractivity contribution is -0.274. The molecule has 0 spiro atoms. The van der Waals surface area contributed by atoms with Gasteiger partial charge in [0.25, 0.3) is 0 Å². The summed E-state index contributed by atoms with van der Waals surface area (Å²) in [7, 11) is 1.49. The number of rotatable bonds is 6. The summed E-state index contributed by atoms with van der Waals surface area (Å²) in [4.78, 5) is 15.9. The van der Waals surface area contributed by atoms with Crippen LogP contribution in [-0.2, 0) is 11.3 Å². The molecule has 0 fully saturated rings. The highest BCUT2D eigenvalue weighted by molar-refractivity contribution is 5.94. The normalized spacial score (nSPS) is 11.6. The maximum absolute atomic E-state index is 12.5. The number of benzene rings is 2. The quantitative estimate of drug-likeness (QED) is 0.532. The molecule has 2 aromatic rings. The zero-order chi connectivity index (χ0) is 19.7. The number of hydrogen-bond acceptors (Lipinski definition) is 3. The van der Waals surface area contributed by atoms with E-state index in [2.05, 4.69) is 25.7 Å². The van der Waals surface area contributed by atoms with Crippen molar-refractivity contribution in [1.82, 2.24) is 10.6 Å². The fraction of sp³-hybridized carbons (Fsp3) is 0.222. The number of hydrogen-bond donors (Lipinski definition) is 3. The SMILES string of the molecule is CN=C(NCC(=O)Nc1ccccc1)NCc1ccccc1OC(F)(F)F. The average molecular weight is 380 g/mol. The fourth-order valence-electron chi connectivity index (χ4n) is 2.16. The molecule has 9 heteroatoms. The van der Waals surface area contributed by atoms with E-state index >= 15 is 0 Å². The Bertz CT molecular complexity index is 780. The minimum absolute atomic E-state index is 0.0340. The number of halogens is 3. The number of para-hydroxylation sites is 2. The van der Waals surface area contributed by atoms with Crippen LogP contribution < -0.4 is 20.7 Å². The smallest absolute Gasteiger partial charge is 0.405 e. The third-order valence-electron chi connectivity index (χ3n) is 3.34. The van der Waals surface area contributed by atoms with Crippen molar-refractivity contribution in [3.05, 3.63) is 60.2 Å². The summed E-state index contributed by atoms with van der Waals surface area (Å²) in [5.41, 5.74) is 0.956. The van der Waals surface area contributed by atoms with Gasteiger partial charge in [0.1, 0.15) is 5.75 Å². The molecular formula is C18H19F3N4O2. The van der Waals surface area contributed by atoms with Crippen molar-refractivity contribution >= 4 is 17.6 Å². The van der Waals surface area contributed by atoms with Crippen LogP contribution in [0, 0.1) is 0 Å². The summed E-state index contributed by atoms with van der Waals surface area (Å²) in [6.45, 7) is -0.0263. The van der Waals surface area contributed by atoms with Crippen LogP contribution in [0.15, 0.2) is 59.6 Å². The maximum Gasteiger partial charge on any atom is 0.573 e. The molecule has 0 saturated carbocycles. The van der Waals surface area contributed by atoms with Gasteiger partial charge in [-0.3, -0.25) is 9.79 Å². The molecule has 27 heavy (non-hydrogen) atoms. The van der Waals surface area contributed by atoms with Crippen molar-refractivity contribution in [2.24, 2.45) is 4.99 Å². The van der Waals surface area contributed by atoms with Crippen LogP contribution in [0.2, 0.25) is 0 Å². The van der Waals surface area contributed by atoms with Gasteiger partial charge in [0.05, 0.1) is 6.54 Å². The molecule has 0 radical (unpaired) electrons. The molecule has 0 aliphatic carbocycles. The number of carbonyl (C=O) groups excluding carboxylic acids is 1. The van der Waals surface area contributed by atoms with Gasteiger partial charge in [0.15, 0.2) is 5.96 Å². The summed E-state index contributed by atoms with van der Waals surface area (Å²) in [6.07, 6.45) is -4.77. The van der Waals surface area contributed by atoms with Crippen LogP contribution in [0.4, 0.5) is 18.9 Å². The zero-order valence-corrected chi connectivity index (χ0v) is 14.5. The number of alkyl halides is 3. The van der Waals surface area contributed by atoms with E-state index in [9.17, 15) is 18.0 Å². The van der Waals surface area contributed by atoms with Gasteiger partial charge < -0.3 is 20.7 Å². The topological polar surface area (TPSA) is 74.8 Å². The Kier molecular flexibility index (Phi) is 7.04. The highest BCUT2D eigenvalue weighted by atomic mass is 19.4. The van der Waals surface area contributed by atoms with Crippen molar-refractivity contribution < 1.29 is 22.7 Å². The molecule has 0 aliphatic rings. The molecule has 0 aromatic heterocycles. The van der Waals surface area contributed by atoms with E-state index in [1.54, 1.807) is 30.3 Å². The predicted molar refractivity (Wildman–Crippen MR) is 96.4 cm³/mol. The first-order valence-corrected chi connectivity index (χ1v) is 8.00. The summed E-state index contributed by atoms with van der Waals surface area (Å²) < 4.78 is 41.4. The Morgan fingerprint density at radius 2 is 1.70 bits per heavy atom. The largest absolute Gasteiger partial charge is 0.573 e. The Balaban J connectivity index is 1.86. The predicted octanol–water partition coefficient (Wildman–Crippen LogP) is 2.89. The van der Waals surface area contributed by atoms with Crippen LogP contribution >= 0.6 is 0 Å². The Hall–Kier alpha value is -3.23. The molecule has 0 bridgehead atoms. The fourth-order valence-corrected chi connectivity index (χ4v) is 2.16. The minimum Gasteiger partial charge on any atom is -0.405 e. The van der Waals surface area contributed by atoms with E-state index in [4.69, 9.17) is 0 Å². The van der Waals surface area contributed by atoms with E-state index in [0.717, 1.165) is 0 Å². The molecule has 2 aromatic carbocycles. The second-order valence-electron chi connectivity index (χ2n) is 5.35. The van der Waals surface area contributed by atoms with Crippen molar-refractivity contribution in [2.45, 2.75) is 12.9 Å². The summed E-state index contributed by atoms with van der Waals surface area (Å²) >= 11 is 0. The standard InChI is InChI=1S/C18H19F3N4O2/c1-22-17(24-12-16(26)25-14-8-3-2-4-9-14)23-11-13-7-5-6-10-15(13)27-18(19,20)21/h2-10H,11-12H2,1H3,(H,25,26)(H2,22,23,24). The van der Waals surface area contributed by atoms with E-state index in [1.807, 2.05) is 6.07 Å². The van der Waals surface area contributed by atoms with Crippen LogP contribution in [0.1, 0.15) is 5.56 Å². The van der Waals surface area contributed by atoms with Gasteiger partial charge in [-0.2, -0.15) is 0 Å². The number of guanidine groups is 1. The Morgan fingerprint density at radius 3 is 2.37 bits per heavy atom. The number of nitrogens with zero attached hydrogens (tertiary/aromatic N) is 1. The first kappa shape index (κ1) is 20.1. The number of nitrogens with one attached hydrogen (secondary N) is 3. The molecule has 0 atom stereocenters. The second-order valence-corrected chi connectivity index (χ2v) is 5.35. The van der Waals surface area contributed by atoms with Crippen LogP contribution in [0.25, 0.3) is 0 Å². The molecule has 3 N–H and O–H groups in total. The van der Waals surface area contributed by atoms with Gasteiger partial charge >= 0.3 is 6.36 Å². The maximum atomic E-state index is 12.5. The van der Waals surface area contributed by atoms with Crippen LogP contribution in [0.3, 0.4) is 0 Å². The highest BCUT2D eigenvalue weighted by Gasteiger charge is 2.31. The van der Waals surface area contributed by atoms with Gasteiger partial charge in [-0.25, -0.2) is 0 Å². The lowest BCUT2D eigenvalue weighted by Gasteiger charge is -2.15. The minimum atomic E-state index is -4.77. The zero-order valence-electron chi connectivity index (χ0n) is 14.5. The van der Waals surface area contributed by atoms with Gasteiger partial charge in [-0.15, -0.1) is 13.2 Å². The van der Waals surface area contributed by atoms with Gasteiger partial charge in [-0.05, 0) is 18.2 Å². The number of amides is 1. The molecule has 1 amide bonds. The number of aliphatic imine (C=N–C) groups is 1. The van der Waals surface area contributed by atoms with Gasteiger partial charge in [0.2, 0.25) is 5.91 Å². The summed E-state index contributed by atoms with van der Waals surface area (Å²) in [5.74, 6) is -0.320. The van der Waals surface area contributed by atoms with E-state index < -0.39 is 6.36 Å². The van der Waals surface area contributed by atoms with E-state index in [-0.39, 0.29) is 30.7 Å². The van der Waals surface area contributed by atoms with Crippen molar-refractivity contribution in [1.29, 1.82) is 0 Å². The first-order chi connectivity index (χ1) is 12.9. The lowest BCUT2D eigenvalue weighted by atomic mass is 10.2. The molecular weight excluding hydrogens is 361 g/mol. The Labute approximate surface area is 154 Å². The van der Waals surface area contributed by atoms with E-state index in [1.165, 1.54) is 25.2 Å². The van der Waals surface area contributed by atoms with Crippen LogP contribution in [-0.4, -0.2) is 31.8 Å². The van der Waals surface area contributed by atoms with Crippen LogP contribution in [0.5, 0.6) is 5.75 Å². The molecule has 6 nitrogen and oxygen atoms in total. The second kappa shape index (κ2) is 9.46. The van der Waals surface area contributed by atoms with Gasteiger partial charge in [0, 0.05) is 24.8 Å². The number of ether oxygens (including phenoxy) is 1. The number of anilines is 1. The molecule has 2 rings (SSSR count). The molecule has 0 heterocycles. The van der Waals surface area contributed by atoms with Crippen molar-refractivity contribution in [2.75, 3.05) is 18.9 Å². The average Bonchev–Trinajstić information content (AvgIpc) is 2.62. The van der Waals surface area contributed by atoms with Crippen molar-refractivity contribution in [3.63, 3.8) is 0 Å². The molecule has 0 aliphatic heterocycles. The summed E-state index contributed by atoms with van der Waals surface area (Å²) in [5, 5.41) is 8.33. The third kappa shape index (κ3) is 7.27. The lowest BCUT2D eigenvalue weighted by Crippen LogP contribution is -2.41. The monoisotopic (exact) mass is 380 g/mol. The summed E-state index contributed by atoms with van der Waals surface area (Å²) in [6, 6.07) is 14.7.